The lowest BCUT2D eigenvalue weighted by Crippen LogP contribution is -2.52. The number of carbonyl (C=O) groups is 1. The Morgan fingerprint density at radius 2 is 1.65 bits per heavy atom. The van der Waals surface area contributed by atoms with Crippen molar-refractivity contribution < 1.29 is 17.6 Å². The highest BCUT2D eigenvalue weighted by molar-refractivity contribution is 7.92. The van der Waals surface area contributed by atoms with Gasteiger partial charge in [-0.3, -0.25) is 9.10 Å². The van der Waals surface area contributed by atoms with Crippen LogP contribution in [-0.4, -0.2) is 51.9 Å². The minimum Gasteiger partial charge on any atom is -0.366 e. The summed E-state index contributed by atoms with van der Waals surface area (Å²) in [6.45, 7) is 3.18. The van der Waals surface area contributed by atoms with Crippen molar-refractivity contribution in [3.63, 3.8) is 0 Å². The fourth-order valence-electron chi connectivity index (χ4n) is 3.96. The van der Waals surface area contributed by atoms with Crippen molar-refractivity contribution in [2.24, 2.45) is 0 Å². The summed E-state index contributed by atoms with van der Waals surface area (Å²) in [7, 11) is -4.01. The first-order chi connectivity index (χ1) is 16.3. The molecule has 4 rings (SSSR count). The van der Waals surface area contributed by atoms with Gasteiger partial charge < -0.3 is 9.80 Å². The maximum Gasteiger partial charge on any atom is 0.264 e. The summed E-state index contributed by atoms with van der Waals surface area (Å²) in [4.78, 5) is 16.8. The summed E-state index contributed by atoms with van der Waals surface area (Å²) < 4.78 is 42.3. The average molecular weight is 502 g/mol. The molecule has 0 atom stereocenters. The Labute approximate surface area is 204 Å². The topological polar surface area (TPSA) is 60.9 Å². The SMILES string of the molecule is Cc1cccc(N(CC(=O)N2CCN(c3ccccc3F)CC2)S(=O)(=O)c2ccc(Cl)cc2)c1. The lowest BCUT2D eigenvalue weighted by Gasteiger charge is -2.37. The summed E-state index contributed by atoms with van der Waals surface area (Å²) in [5.74, 6) is -0.616. The van der Waals surface area contributed by atoms with Crippen molar-refractivity contribution in [2.45, 2.75) is 11.8 Å². The number of para-hydroxylation sites is 1. The van der Waals surface area contributed by atoms with Crippen LogP contribution in [0.4, 0.5) is 15.8 Å². The summed E-state index contributed by atoms with van der Waals surface area (Å²) in [5.41, 5.74) is 1.79. The van der Waals surface area contributed by atoms with Crippen LogP contribution in [0.1, 0.15) is 5.56 Å². The van der Waals surface area contributed by atoms with Gasteiger partial charge in [0.1, 0.15) is 12.4 Å². The van der Waals surface area contributed by atoms with Crippen LogP contribution in [0, 0.1) is 12.7 Å². The Balaban J connectivity index is 1.54. The fraction of sp³-hybridized carbons (Fsp3) is 0.240. The number of hydrogen-bond acceptors (Lipinski definition) is 4. The predicted octanol–water partition coefficient (Wildman–Crippen LogP) is 4.33. The number of anilines is 2. The van der Waals surface area contributed by atoms with Crippen molar-refractivity contribution in [1.29, 1.82) is 0 Å². The van der Waals surface area contributed by atoms with Gasteiger partial charge in [-0.2, -0.15) is 0 Å². The largest absolute Gasteiger partial charge is 0.366 e. The third kappa shape index (κ3) is 5.18. The van der Waals surface area contributed by atoms with E-state index in [1.165, 1.54) is 30.3 Å². The lowest BCUT2D eigenvalue weighted by molar-refractivity contribution is -0.129. The van der Waals surface area contributed by atoms with Gasteiger partial charge in [-0.15, -0.1) is 0 Å². The zero-order valence-electron chi connectivity index (χ0n) is 18.7. The van der Waals surface area contributed by atoms with E-state index in [1.807, 2.05) is 17.9 Å². The van der Waals surface area contributed by atoms with Crippen molar-refractivity contribution in [3.05, 3.63) is 89.2 Å². The summed E-state index contributed by atoms with van der Waals surface area (Å²) in [6, 6.07) is 19.4. The first kappa shape index (κ1) is 24.0. The molecule has 1 aliphatic heterocycles. The number of aryl methyl sites for hydroxylation is 1. The quantitative estimate of drug-likeness (QED) is 0.504. The molecule has 6 nitrogen and oxygen atoms in total. The third-order valence-corrected chi connectivity index (χ3v) is 7.84. The number of halogens is 2. The van der Waals surface area contributed by atoms with Gasteiger partial charge >= 0.3 is 0 Å². The van der Waals surface area contributed by atoms with Crippen molar-refractivity contribution in [3.8, 4) is 0 Å². The highest BCUT2D eigenvalue weighted by Crippen LogP contribution is 2.26. The molecule has 178 valence electrons. The molecule has 3 aromatic carbocycles. The van der Waals surface area contributed by atoms with E-state index in [9.17, 15) is 17.6 Å². The minimum atomic E-state index is -4.01. The first-order valence-corrected chi connectivity index (χ1v) is 12.7. The van der Waals surface area contributed by atoms with Gasteiger partial charge in [-0.05, 0) is 61.0 Å². The molecular formula is C25H25ClFN3O3S. The van der Waals surface area contributed by atoms with Crippen LogP contribution in [-0.2, 0) is 14.8 Å². The van der Waals surface area contributed by atoms with Crippen LogP contribution in [0.15, 0.2) is 77.7 Å². The zero-order chi connectivity index (χ0) is 24.3. The van der Waals surface area contributed by atoms with Crippen molar-refractivity contribution in [1.82, 2.24) is 4.90 Å². The van der Waals surface area contributed by atoms with Crippen molar-refractivity contribution >= 4 is 38.9 Å². The van der Waals surface area contributed by atoms with Crippen LogP contribution in [0.25, 0.3) is 0 Å². The van der Waals surface area contributed by atoms with Gasteiger partial charge in [0.2, 0.25) is 5.91 Å². The Morgan fingerprint density at radius 3 is 2.29 bits per heavy atom. The normalized spacial score (nSPS) is 14.2. The smallest absolute Gasteiger partial charge is 0.264 e. The first-order valence-electron chi connectivity index (χ1n) is 10.9. The van der Waals surface area contributed by atoms with E-state index in [-0.39, 0.29) is 23.2 Å². The van der Waals surface area contributed by atoms with Gasteiger partial charge in [0.15, 0.2) is 0 Å². The van der Waals surface area contributed by atoms with Crippen LogP contribution >= 0.6 is 11.6 Å². The Kier molecular flexibility index (Phi) is 7.09. The van der Waals surface area contributed by atoms with Crippen LogP contribution in [0.5, 0.6) is 0 Å². The molecule has 3 aromatic rings. The van der Waals surface area contributed by atoms with E-state index in [0.717, 1.165) is 9.87 Å². The second-order valence-electron chi connectivity index (χ2n) is 8.12. The lowest BCUT2D eigenvalue weighted by atomic mass is 10.2. The number of benzene rings is 3. The van der Waals surface area contributed by atoms with Crippen molar-refractivity contribution in [2.75, 3.05) is 41.9 Å². The molecule has 1 saturated heterocycles. The van der Waals surface area contributed by atoms with E-state index in [2.05, 4.69) is 0 Å². The molecular weight excluding hydrogens is 477 g/mol. The predicted molar refractivity (Wildman–Crippen MR) is 132 cm³/mol. The molecule has 0 bridgehead atoms. The molecule has 0 unspecified atom stereocenters. The molecule has 0 spiro atoms. The summed E-state index contributed by atoms with van der Waals surface area (Å²) in [6.07, 6.45) is 0. The fourth-order valence-corrected chi connectivity index (χ4v) is 5.49. The standard InChI is InChI=1S/C25H25ClFN3O3S/c1-19-5-4-6-21(17-19)30(34(32,33)22-11-9-20(26)10-12-22)18-25(31)29-15-13-28(14-16-29)24-8-3-2-7-23(24)27/h2-12,17H,13-16,18H2,1H3. The molecule has 0 aromatic heterocycles. The monoisotopic (exact) mass is 501 g/mol. The number of hydrogen-bond donors (Lipinski definition) is 0. The van der Waals surface area contributed by atoms with Crippen LogP contribution < -0.4 is 9.21 Å². The number of piperazine rings is 1. The highest BCUT2D eigenvalue weighted by atomic mass is 35.5. The van der Waals surface area contributed by atoms with Gasteiger partial charge in [0.05, 0.1) is 16.3 Å². The van der Waals surface area contributed by atoms with E-state index < -0.39 is 10.0 Å². The Hall–Kier alpha value is -3.10. The maximum atomic E-state index is 14.1. The molecule has 0 saturated carbocycles. The Morgan fingerprint density at radius 1 is 0.971 bits per heavy atom. The molecule has 0 N–H and O–H groups in total. The average Bonchev–Trinajstić information content (AvgIpc) is 2.83. The number of amides is 1. The third-order valence-electron chi connectivity index (χ3n) is 5.80. The van der Waals surface area contributed by atoms with Gasteiger partial charge in [-0.25, -0.2) is 12.8 Å². The van der Waals surface area contributed by atoms with E-state index in [4.69, 9.17) is 11.6 Å². The second-order valence-corrected chi connectivity index (χ2v) is 10.4. The number of nitrogens with zero attached hydrogens (tertiary/aromatic N) is 3. The van der Waals surface area contributed by atoms with Gasteiger partial charge in [-0.1, -0.05) is 35.9 Å². The Bertz CT molecular complexity index is 1280. The molecule has 1 fully saturated rings. The van der Waals surface area contributed by atoms with Gasteiger partial charge in [0, 0.05) is 31.2 Å². The minimum absolute atomic E-state index is 0.0515. The molecule has 1 amide bonds. The number of rotatable bonds is 6. The maximum absolute atomic E-state index is 14.1. The molecule has 9 heteroatoms. The summed E-state index contributed by atoms with van der Waals surface area (Å²) >= 11 is 5.93. The number of sulfonamides is 1. The second kappa shape index (κ2) is 10.0. The highest BCUT2D eigenvalue weighted by Gasteiger charge is 2.30. The zero-order valence-corrected chi connectivity index (χ0v) is 20.3. The molecule has 0 radical (unpaired) electrons. The molecule has 1 aliphatic rings. The van der Waals surface area contributed by atoms with E-state index >= 15 is 0 Å². The summed E-state index contributed by atoms with van der Waals surface area (Å²) in [5, 5.41) is 0.421. The molecule has 0 aliphatic carbocycles. The van der Waals surface area contributed by atoms with Crippen LogP contribution in [0.3, 0.4) is 0 Å². The molecule has 1 heterocycles. The number of carbonyl (C=O) groups excluding carboxylic acids is 1. The molecule has 34 heavy (non-hydrogen) atoms. The van der Waals surface area contributed by atoms with E-state index in [0.29, 0.717) is 42.6 Å². The van der Waals surface area contributed by atoms with Crippen LogP contribution in [0.2, 0.25) is 5.02 Å². The van der Waals surface area contributed by atoms with E-state index in [1.54, 1.807) is 41.3 Å². The van der Waals surface area contributed by atoms with Gasteiger partial charge in [0.25, 0.3) is 10.0 Å².